The average Bonchev–Trinajstić information content (AvgIpc) is 2.92. The van der Waals surface area contributed by atoms with Gasteiger partial charge < -0.3 is 10.2 Å². The SMILES string of the molecule is CN1C(=O)C[C@@H](C(=O)NCCc2ccccc2)[C@H]1c1ccc(F)cc1. The second-order valence-corrected chi connectivity index (χ2v) is 6.34. The molecule has 0 aromatic heterocycles. The normalized spacial score (nSPS) is 19.9. The van der Waals surface area contributed by atoms with Gasteiger partial charge in [0.25, 0.3) is 0 Å². The van der Waals surface area contributed by atoms with Gasteiger partial charge >= 0.3 is 0 Å². The molecule has 2 amide bonds. The van der Waals surface area contributed by atoms with Gasteiger partial charge in [-0.25, -0.2) is 4.39 Å². The van der Waals surface area contributed by atoms with Crippen molar-refractivity contribution in [2.24, 2.45) is 5.92 Å². The molecule has 1 saturated heterocycles. The number of likely N-dealkylation sites (tertiary alicyclic amines) is 1. The summed E-state index contributed by atoms with van der Waals surface area (Å²) in [6, 6.07) is 15.5. The Labute approximate surface area is 146 Å². The van der Waals surface area contributed by atoms with E-state index in [9.17, 15) is 14.0 Å². The smallest absolute Gasteiger partial charge is 0.226 e. The number of benzene rings is 2. The quantitative estimate of drug-likeness (QED) is 0.910. The number of hydrogen-bond donors (Lipinski definition) is 1. The van der Waals surface area contributed by atoms with Gasteiger partial charge in [0.05, 0.1) is 12.0 Å². The Morgan fingerprint density at radius 3 is 2.52 bits per heavy atom. The van der Waals surface area contributed by atoms with Gasteiger partial charge in [-0.1, -0.05) is 42.5 Å². The summed E-state index contributed by atoms with van der Waals surface area (Å²) in [5.74, 6) is -1.00. The van der Waals surface area contributed by atoms with Crippen LogP contribution in [0.1, 0.15) is 23.6 Å². The Balaban J connectivity index is 1.67. The summed E-state index contributed by atoms with van der Waals surface area (Å²) in [6.07, 6.45) is 0.917. The minimum absolute atomic E-state index is 0.0717. The highest BCUT2D eigenvalue weighted by Gasteiger charge is 2.42. The van der Waals surface area contributed by atoms with Crippen molar-refractivity contribution in [1.29, 1.82) is 0 Å². The molecule has 0 radical (unpaired) electrons. The Morgan fingerprint density at radius 1 is 1.16 bits per heavy atom. The van der Waals surface area contributed by atoms with Crippen LogP contribution in [-0.2, 0) is 16.0 Å². The minimum Gasteiger partial charge on any atom is -0.355 e. The van der Waals surface area contributed by atoms with Crippen LogP contribution >= 0.6 is 0 Å². The number of carbonyl (C=O) groups is 2. The highest BCUT2D eigenvalue weighted by atomic mass is 19.1. The number of amides is 2. The van der Waals surface area contributed by atoms with Gasteiger partial charge in [-0.2, -0.15) is 0 Å². The minimum atomic E-state index is -0.460. The van der Waals surface area contributed by atoms with E-state index in [0.717, 1.165) is 17.5 Å². The zero-order chi connectivity index (χ0) is 17.8. The first-order valence-corrected chi connectivity index (χ1v) is 8.39. The summed E-state index contributed by atoms with van der Waals surface area (Å²) in [5, 5.41) is 2.93. The molecular formula is C20H21FN2O2. The Morgan fingerprint density at radius 2 is 1.84 bits per heavy atom. The van der Waals surface area contributed by atoms with E-state index in [0.29, 0.717) is 6.54 Å². The summed E-state index contributed by atoms with van der Waals surface area (Å²) in [6.45, 7) is 0.521. The van der Waals surface area contributed by atoms with Crippen LogP contribution in [0.4, 0.5) is 4.39 Å². The van der Waals surface area contributed by atoms with Crippen molar-refractivity contribution < 1.29 is 14.0 Å². The molecule has 1 aliphatic rings. The largest absolute Gasteiger partial charge is 0.355 e. The fraction of sp³-hybridized carbons (Fsp3) is 0.300. The molecule has 5 heteroatoms. The van der Waals surface area contributed by atoms with Crippen LogP contribution in [0.5, 0.6) is 0 Å². The van der Waals surface area contributed by atoms with Crippen LogP contribution in [0.3, 0.4) is 0 Å². The van der Waals surface area contributed by atoms with Gasteiger partial charge in [0, 0.05) is 20.0 Å². The summed E-state index contributed by atoms with van der Waals surface area (Å²) in [7, 11) is 1.69. The highest BCUT2D eigenvalue weighted by Crippen LogP contribution is 2.37. The molecule has 1 aliphatic heterocycles. The van der Waals surface area contributed by atoms with E-state index in [2.05, 4.69) is 5.32 Å². The zero-order valence-corrected chi connectivity index (χ0v) is 14.1. The highest BCUT2D eigenvalue weighted by molar-refractivity contribution is 5.90. The van der Waals surface area contributed by atoms with Gasteiger partial charge in [0.2, 0.25) is 11.8 Å². The molecule has 4 nitrogen and oxygen atoms in total. The van der Waals surface area contributed by atoms with Gasteiger partial charge in [0.1, 0.15) is 5.82 Å². The lowest BCUT2D eigenvalue weighted by Crippen LogP contribution is -2.35. The molecule has 2 aromatic rings. The lowest BCUT2D eigenvalue weighted by molar-refractivity contribution is -0.128. The number of hydrogen-bond acceptors (Lipinski definition) is 2. The maximum absolute atomic E-state index is 13.2. The second-order valence-electron chi connectivity index (χ2n) is 6.34. The molecule has 0 aliphatic carbocycles. The molecule has 0 saturated carbocycles. The predicted octanol–water partition coefficient (Wildman–Crippen LogP) is 2.70. The fourth-order valence-corrected chi connectivity index (χ4v) is 3.33. The Kier molecular flexibility index (Phi) is 5.12. The molecule has 25 heavy (non-hydrogen) atoms. The van der Waals surface area contributed by atoms with E-state index in [4.69, 9.17) is 0 Å². The molecule has 0 bridgehead atoms. The van der Waals surface area contributed by atoms with E-state index in [1.165, 1.54) is 12.1 Å². The van der Waals surface area contributed by atoms with Gasteiger partial charge in [-0.05, 0) is 29.7 Å². The van der Waals surface area contributed by atoms with E-state index in [-0.39, 0.29) is 30.1 Å². The molecule has 3 rings (SSSR count). The molecule has 0 spiro atoms. The molecule has 2 atom stereocenters. The van der Waals surface area contributed by atoms with Crippen LogP contribution < -0.4 is 5.32 Å². The van der Waals surface area contributed by atoms with Gasteiger partial charge in [-0.3, -0.25) is 9.59 Å². The first-order valence-electron chi connectivity index (χ1n) is 8.39. The zero-order valence-electron chi connectivity index (χ0n) is 14.1. The molecule has 1 fully saturated rings. The molecule has 1 heterocycles. The lowest BCUT2D eigenvalue weighted by Gasteiger charge is -2.25. The number of rotatable bonds is 5. The molecule has 0 unspecified atom stereocenters. The van der Waals surface area contributed by atoms with Crippen molar-refractivity contribution in [3.8, 4) is 0 Å². The van der Waals surface area contributed by atoms with Crippen LogP contribution in [-0.4, -0.2) is 30.3 Å². The number of carbonyl (C=O) groups excluding carboxylic acids is 2. The lowest BCUT2D eigenvalue weighted by atomic mass is 9.93. The summed E-state index contributed by atoms with van der Waals surface area (Å²) in [4.78, 5) is 26.3. The van der Waals surface area contributed by atoms with Crippen molar-refractivity contribution in [2.45, 2.75) is 18.9 Å². The number of nitrogens with one attached hydrogen (secondary N) is 1. The van der Waals surface area contributed by atoms with Gasteiger partial charge in [-0.15, -0.1) is 0 Å². The summed E-state index contributed by atoms with van der Waals surface area (Å²) < 4.78 is 13.2. The van der Waals surface area contributed by atoms with Crippen LogP contribution in [0.25, 0.3) is 0 Å². The van der Waals surface area contributed by atoms with E-state index >= 15 is 0 Å². The van der Waals surface area contributed by atoms with E-state index < -0.39 is 5.92 Å². The fourth-order valence-electron chi connectivity index (χ4n) is 3.33. The molecule has 2 aromatic carbocycles. The van der Waals surface area contributed by atoms with Crippen molar-refractivity contribution in [1.82, 2.24) is 10.2 Å². The molecule has 130 valence electrons. The van der Waals surface area contributed by atoms with Crippen molar-refractivity contribution in [3.63, 3.8) is 0 Å². The van der Waals surface area contributed by atoms with Gasteiger partial charge in [0.15, 0.2) is 0 Å². The monoisotopic (exact) mass is 340 g/mol. The molecular weight excluding hydrogens is 319 g/mol. The van der Waals surface area contributed by atoms with Crippen LogP contribution in [0.2, 0.25) is 0 Å². The summed E-state index contributed by atoms with van der Waals surface area (Å²) in [5.41, 5.74) is 1.93. The first kappa shape index (κ1) is 17.1. The van der Waals surface area contributed by atoms with Crippen molar-refractivity contribution in [2.75, 3.05) is 13.6 Å². The topological polar surface area (TPSA) is 49.4 Å². The average molecular weight is 340 g/mol. The van der Waals surface area contributed by atoms with Crippen LogP contribution in [0.15, 0.2) is 54.6 Å². The third kappa shape index (κ3) is 3.87. The Bertz CT molecular complexity index is 746. The third-order valence-electron chi connectivity index (χ3n) is 4.69. The molecule has 1 N–H and O–H groups in total. The van der Waals surface area contributed by atoms with E-state index in [1.54, 1.807) is 24.1 Å². The number of nitrogens with zero attached hydrogens (tertiary/aromatic N) is 1. The first-order chi connectivity index (χ1) is 12.1. The third-order valence-corrected chi connectivity index (χ3v) is 4.69. The second kappa shape index (κ2) is 7.47. The van der Waals surface area contributed by atoms with E-state index in [1.807, 2.05) is 30.3 Å². The van der Waals surface area contributed by atoms with Crippen molar-refractivity contribution >= 4 is 11.8 Å². The maximum atomic E-state index is 13.2. The standard InChI is InChI=1S/C20H21FN2O2/c1-23-18(24)13-17(19(23)15-7-9-16(21)10-8-15)20(25)22-12-11-14-5-3-2-4-6-14/h2-10,17,19H,11-13H2,1H3,(H,22,25)/t17-,19-/m1/s1. The van der Waals surface area contributed by atoms with Crippen molar-refractivity contribution in [3.05, 3.63) is 71.5 Å². The number of halogens is 1. The summed E-state index contributed by atoms with van der Waals surface area (Å²) >= 11 is 0. The predicted molar refractivity (Wildman–Crippen MR) is 93.2 cm³/mol. The van der Waals surface area contributed by atoms with Crippen LogP contribution in [0, 0.1) is 11.7 Å². The maximum Gasteiger partial charge on any atom is 0.226 e. The Hall–Kier alpha value is -2.69.